The van der Waals surface area contributed by atoms with Crippen molar-refractivity contribution in [3.05, 3.63) is 191 Å². The molecule has 6 aromatic carbocycles. The summed E-state index contributed by atoms with van der Waals surface area (Å²) in [5, 5.41) is 0. The van der Waals surface area contributed by atoms with Crippen molar-refractivity contribution in [2.75, 3.05) is 5.73 Å². The molecule has 0 heterocycles. The lowest BCUT2D eigenvalue weighted by Crippen LogP contribution is -1.98. The molecule has 0 amide bonds. The molecular weight excluding hydrogens is 518 g/mol. The van der Waals surface area contributed by atoms with Crippen molar-refractivity contribution < 1.29 is 0 Å². The van der Waals surface area contributed by atoms with Crippen LogP contribution in [-0.2, 0) is 0 Å². The number of rotatable bonds is 2. The quantitative estimate of drug-likeness (QED) is 0.212. The molecule has 0 radical (unpaired) electrons. The number of hydrogen-bond acceptors (Lipinski definition) is 1. The summed E-state index contributed by atoms with van der Waals surface area (Å²) in [6.07, 6.45) is 0. The van der Waals surface area contributed by atoms with Gasteiger partial charge in [-0.3, -0.25) is 0 Å². The van der Waals surface area contributed by atoms with E-state index in [4.69, 9.17) is 5.73 Å². The number of benzene rings is 6. The van der Waals surface area contributed by atoms with E-state index in [2.05, 4.69) is 153 Å². The molecule has 43 heavy (non-hydrogen) atoms. The molecule has 0 unspecified atom stereocenters. The number of para-hydroxylation sites is 1. The zero-order valence-electron chi connectivity index (χ0n) is 24.5. The van der Waals surface area contributed by atoms with Gasteiger partial charge in [0.25, 0.3) is 0 Å². The van der Waals surface area contributed by atoms with Gasteiger partial charge in [0, 0.05) is 11.3 Å². The van der Waals surface area contributed by atoms with E-state index in [1.165, 1.54) is 72.4 Å². The van der Waals surface area contributed by atoms with Crippen molar-refractivity contribution in [1.82, 2.24) is 0 Å². The van der Waals surface area contributed by atoms with Gasteiger partial charge in [-0.1, -0.05) is 151 Å². The molecule has 0 saturated heterocycles. The minimum Gasteiger partial charge on any atom is -0.398 e. The summed E-state index contributed by atoms with van der Waals surface area (Å²) in [6, 6.07) is 53.3. The highest BCUT2D eigenvalue weighted by Crippen LogP contribution is 2.49. The van der Waals surface area contributed by atoms with Crippen LogP contribution in [0.5, 0.6) is 0 Å². The van der Waals surface area contributed by atoms with Crippen LogP contribution < -0.4 is 5.73 Å². The first kappa shape index (κ1) is 26.5. The van der Waals surface area contributed by atoms with Crippen LogP contribution in [-0.4, -0.2) is 0 Å². The van der Waals surface area contributed by atoms with Crippen molar-refractivity contribution in [1.29, 1.82) is 0 Å². The Balaban J connectivity index is 0.000000160. The third-order valence-electron chi connectivity index (χ3n) is 8.41. The van der Waals surface area contributed by atoms with E-state index >= 15 is 0 Å². The Bertz CT molecular complexity index is 1940. The maximum atomic E-state index is 6.43. The lowest BCUT2D eigenvalue weighted by atomic mass is 9.87. The number of hydrogen-bond donors (Lipinski definition) is 1. The van der Waals surface area contributed by atoms with Gasteiger partial charge in [-0.05, 0) is 86.7 Å². The summed E-state index contributed by atoms with van der Waals surface area (Å²) in [4.78, 5) is 0. The molecule has 2 aliphatic carbocycles. The average Bonchev–Trinajstić information content (AvgIpc) is 3.57. The second-order valence-electron chi connectivity index (χ2n) is 11.3. The Labute approximate surface area is 254 Å². The summed E-state index contributed by atoms with van der Waals surface area (Å²) in [7, 11) is 0. The summed E-state index contributed by atoms with van der Waals surface area (Å²) in [6.45, 7) is 4.38. The van der Waals surface area contributed by atoms with E-state index in [0.29, 0.717) is 0 Å². The zero-order chi connectivity index (χ0) is 29.3. The van der Waals surface area contributed by atoms with Gasteiger partial charge in [-0.25, -0.2) is 0 Å². The van der Waals surface area contributed by atoms with Gasteiger partial charge >= 0.3 is 0 Å². The van der Waals surface area contributed by atoms with Crippen LogP contribution in [0.4, 0.5) is 5.69 Å². The maximum Gasteiger partial charge on any atom is 0.0394 e. The van der Waals surface area contributed by atoms with Crippen molar-refractivity contribution in [2.24, 2.45) is 0 Å². The monoisotopic (exact) mass is 551 g/mol. The van der Waals surface area contributed by atoms with Gasteiger partial charge in [0.15, 0.2) is 0 Å². The number of allylic oxidation sites excluding steroid dienone is 1. The van der Waals surface area contributed by atoms with Crippen LogP contribution in [0.15, 0.2) is 157 Å². The molecule has 6 aromatic rings. The fourth-order valence-electron chi connectivity index (χ4n) is 6.61. The molecule has 0 aromatic heterocycles. The normalized spacial score (nSPS) is 12.0. The second kappa shape index (κ2) is 11.1. The first-order valence-corrected chi connectivity index (χ1v) is 14.8. The van der Waals surface area contributed by atoms with Crippen LogP contribution >= 0.6 is 0 Å². The predicted octanol–water partition coefficient (Wildman–Crippen LogP) is 10.8. The Hall–Kier alpha value is -5.40. The first-order chi connectivity index (χ1) is 21.1. The van der Waals surface area contributed by atoms with E-state index in [1.807, 2.05) is 12.1 Å². The SMILES string of the molecule is CC(C)=C1c2ccccc2-c2ccccc21.Nc1ccccc1C(=C1c2ccccc2-c2ccccc21)c1ccccc1. The zero-order valence-corrected chi connectivity index (χ0v) is 24.5. The molecule has 0 aliphatic heterocycles. The van der Waals surface area contributed by atoms with Crippen LogP contribution in [0, 0.1) is 0 Å². The van der Waals surface area contributed by atoms with E-state index in [-0.39, 0.29) is 0 Å². The van der Waals surface area contributed by atoms with Crippen LogP contribution in [0.25, 0.3) is 39.0 Å². The fourth-order valence-corrected chi connectivity index (χ4v) is 6.61. The third kappa shape index (κ3) is 4.60. The number of fused-ring (bicyclic) bond motifs is 6. The van der Waals surface area contributed by atoms with Crippen molar-refractivity contribution in [2.45, 2.75) is 13.8 Å². The molecule has 2 N–H and O–H groups in total. The minimum absolute atomic E-state index is 0.797. The second-order valence-corrected chi connectivity index (χ2v) is 11.3. The molecule has 0 bridgehead atoms. The van der Waals surface area contributed by atoms with Crippen molar-refractivity contribution in [3.63, 3.8) is 0 Å². The van der Waals surface area contributed by atoms with Gasteiger partial charge in [0.05, 0.1) is 0 Å². The molecule has 0 saturated carbocycles. The van der Waals surface area contributed by atoms with E-state index in [9.17, 15) is 0 Å². The van der Waals surface area contributed by atoms with Gasteiger partial charge in [-0.15, -0.1) is 0 Å². The smallest absolute Gasteiger partial charge is 0.0394 e. The highest BCUT2D eigenvalue weighted by atomic mass is 14.6. The Morgan fingerprint density at radius 2 is 0.721 bits per heavy atom. The van der Waals surface area contributed by atoms with E-state index < -0.39 is 0 Å². The van der Waals surface area contributed by atoms with Gasteiger partial charge in [0.1, 0.15) is 0 Å². The largest absolute Gasteiger partial charge is 0.398 e. The van der Waals surface area contributed by atoms with Crippen LogP contribution in [0.1, 0.15) is 47.2 Å². The molecule has 8 rings (SSSR count). The van der Waals surface area contributed by atoms with Crippen molar-refractivity contribution >= 4 is 22.4 Å². The van der Waals surface area contributed by atoms with Crippen LogP contribution in [0.3, 0.4) is 0 Å². The highest BCUT2D eigenvalue weighted by Gasteiger charge is 2.27. The average molecular weight is 552 g/mol. The molecule has 1 heteroatoms. The van der Waals surface area contributed by atoms with E-state index in [0.717, 1.165) is 11.3 Å². The molecule has 0 fully saturated rings. The van der Waals surface area contributed by atoms with E-state index in [1.54, 1.807) is 0 Å². The summed E-state index contributed by atoms with van der Waals surface area (Å²) >= 11 is 0. The fraction of sp³-hybridized carbons (Fsp3) is 0.0476. The molecule has 2 aliphatic rings. The molecule has 0 atom stereocenters. The maximum absolute atomic E-state index is 6.43. The molecule has 206 valence electrons. The summed E-state index contributed by atoms with van der Waals surface area (Å²) < 4.78 is 0. The van der Waals surface area contributed by atoms with Crippen LogP contribution in [0.2, 0.25) is 0 Å². The predicted molar refractivity (Wildman–Crippen MR) is 183 cm³/mol. The molecule has 1 nitrogen and oxygen atoms in total. The number of anilines is 1. The third-order valence-corrected chi connectivity index (χ3v) is 8.41. The minimum atomic E-state index is 0.797. The first-order valence-electron chi connectivity index (χ1n) is 14.8. The topological polar surface area (TPSA) is 26.0 Å². The number of nitrogens with two attached hydrogens (primary N) is 1. The summed E-state index contributed by atoms with van der Waals surface area (Å²) in [5.74, 6) is 0. The Morgan fingerprint density at radius 1 is 0.372 bits per heavy atom. The number of nitrogen functional groups attached to an aromatic ring is 1. The molecular formula is C42H33N. The standard InChI is InChI=1S/C26H19N.C16H14/c27-24-17-9-8-16-23(24)25(18-10-2-1-3-11-18)26-21-14-6-4-12-19(21)20-13-5-7-15-22(20)26;1-11(2)16-14-9-5-3-7-12(14)13-8-4-6-10-15(13)16/h1-17H,27H2;3-10H,1-2H3. The lowest BCUT2D eigenvalue weighted by molar-refractivity contribution is 1.39. The highest BCUT2D eigenvalue weighted by molar-refractivity contribution is 6.14. The molecule has 0 spiro atoms. The van der Waals surface area contributed by atoms with Gasteiger partial charge < -0.3 is 5.73 Å². The van der Waals surface area contributed by atoms with Gasteiger partial charge in [0.2, 0.25) is 0 Å². The Morgan fingerprint density at radius 3 is 1.14 bits per heavy atom. The lowest BCUT2D eigenvalue weighted by Gasteiger charge is -2.16. The van der Waals surface area contributed by atoms with Crippen molar-refractivity contribution in [3.8, 4) is 22.3 Å². The Kier molecular flexibility index (Phi) is 6.85. The van der Waals surface area contributed by atoms with Gasteiger partial charge in [-0.2, -0.15) is 0 Å². The summed E-state index contributed by atoms with van der Waals surface area (Å²) in [5.41, 5.74) is 25.3.